The highest BCUT2D eigenvalue weighted by molar-refractivity contribution is 7.21. The Balaban J connectivity index is 1.88. The summed E-state index contributed by atoms with van der Waals surface area (Å²) in [5, 5.41) is 0.691. The number of ether oxygens (including phenoxy) is 4. The van der Waals surface area contributed by atoms with Crippen molar-refractivity contribution in [3.05, 3.63) is 63.0 Å². The number of carbonyl (C=O) groups excluding carboxylic acids is 3. The molecule has 0 spiro atoms. The predicted molar refractivity (Wildman–Crippen MR) is 128 cm³/mol. The SMILES string of the molecule is CC(OC(=O)OC(C)(C)C)OC(=O)c1sc2cccc(Cl)c2c1COc1c(F)cc(C(N)=O)cc1F. The van der Waals surface area contributed by atoms with Gasteiger partial charge in [-0.15, -0.1) is 11.3 Å². The number of nitrogens with two attached hydrogens (primary N) is 1. The van der Waals surface area contributed by atoms with E-state index in [0.29, 0.717) is 10.1 Å². The first kappa shape index (κ1) is 27.2. The standard InChI is InChI=1S/C24H22ClF2NO7S/c1-11(34-23(31)35-24(2,3)4)33-22(30)20-13(18-14(25)6-5-7-17(18)36-20)10-32-19-15(26)8-12(21(28)29)9-16(19)27/h5-9,11H,10H2,1-4H3,(H2,28,29). The van der Waals surface area contributed by atoms with E-state index in [4.69, 9.17) is 36.3 Å². The van der Waals surface area contributed by atoms with Crippen molar-refractivity contribution in [1.82, 2.24) is 0 Å². The maximum Gasteiger partial charge on any atom is 0.511 e. The van der Waals surface area contributed by atoms with Crippen molar-refractivity contribution in [2.24, 2.45) is 5.73 Å². The van der Waals surface area contributed by atoms with Gasteiger partial charge in [-0.1, -0.05) is 17.7 Å². The lowest BCUT2D eigenvalue weighted by molar-refractivity contribution is -0.0973. The van der Waals surface area contributed by atoms with E-state index in [9.17, 15) is 23.2 Å². The summed E-state index contributed by atoms with van der Waals surface area (Å²) in [6.07, 6.45) is -2.34. The molecule has 1 amide bonds. The summed E-state index contributed by atoms with van der Waals surface area (Å²) in [5.41, 5.74) is 4.09. The maximum atomic E-state index is 14.4. The molecule has 0 aliphatic carbocycles. The van der Waals surface area contributed by atoms with E-state index in [2.05, 4.69) is 0 Å². The second-order valence-corrected chi connectivity index (χ2v) is 9.96. The summed E-state index contributed by atoms with van der Waals surface area (Å²) in [5.74, 6) is -4.97. The summed E-state index contributed by atoms with van der Waals surface area (Å²) < 4.78 is 50.0. The average molecular weight is 542 g/mol. The van der Waals surface area contributed by atoms with Gasteiger partial charge in [-0.2, -0.15) is 0 Å². The summed E-state index contributed by atoms with van der Waals surface area (Å²) in [7, 11) is 0. The normalized spacial score (nSPS) is 12.2. The Kier molecular flexibility index (Phi) is 8.05. The number of halogens is 3. The van der Waals surface area contributed by atoms with Crippen molar-refractivity contribution in [3.63, 3.8) is 0 Å². The maximum absolute atomic E-state index is 14.4. The molecule has 1 aromatic heterocycles. The number of primary amides is 1. The monoisotopic (exact) mass is 541 g/mol. The van der Waals surface area contributed by atoms with Gasteiger partial charge < -0.3 is 24.7 Å². The third kappa shape index (κ3) is 6.41. The Hall–Kier alpha value is -3.44. The van der Waals surface area contributed by atoms with Crippen LogP contribution in [0.4, 0.5) is 13.6 Å². The number of thiophene rings is 1. The van der Waals surface area contributed by atoms with Crippen LogP contribution < -0.4 is 10.5 Å². The van der Waals surface area contributed by atoms with E-state index in [-0.39, 0.29) is 21.0 Å². The van der Waals surface area contributed by atoms with Crippen LogP contribution in [0.5, 0.6) is 5.75 Å². The Morgan fingerprint density at radius 3 is 2.33 bits per heavy atom. The molecular weight excluding hydrogens is 520 g/mol. The van der Waals surface area contributed by atoms with Crippen molar-refractivity contribution < 1.29 is 42.1 Å². The van der Waals surface area contributed by atoms with E-state index in [1.165, 1.54) is 6.92 Å². The zero-order valence-corrected chi connectivity index (χ0v) is 21.2. The third-order valence-corrected chi connectivity index (χ3v) is 6.01. The van der Waals surface area contributed by atoms with E-state index in [1.807, 2.05) is 0 Å². The van der Waals surface area contributed by atoms with Crippen LogP contribution in [0.2, 0.25) is 5.02 Å². The van der Waals surface area contributed by atoms with E-state index >= 15 is 0 Å². The molecule has 0 radical (unpaired) electrons. The number of esters is 1. The van der Waals surface area contributed by atoms with Crippen LogP contribution in [0.3, 0.4) is 0 Å². The number of amides is 1. The second kappa shape index (κ2) is 10.7. The molecular formula is C24H22ClF2NO7S. The van der Waals surface area contributed by atoms with Gasteiger partial charge >= 0.3 is 12.1 Å². The zero-order chi connectivity index (χ0) is 26.8. The molecule has 12 heteroatoms. The quantitative estimate of drug-likeness (QED) is 0.290. The summed E-state index contributed by atoms with van der Waals surface area (Å²) in [6, 6.07) is 6.41. The molecule has 2 N–H and O–H groups in total. The molecule has 0 aliphatic rings. The molecule has 8 nitrogen and oxygen atoms in total. The minimum absolute atomic E-state index is 0.0207. The number of carbonyl (C=O) groups is 3. The van der Waals surface area contributed by atoms with Crippen LogP contribution in [0.25, 0.3) is 10.1 Å². The first-order chi connectivity index (χ1) is 16.8. The average Bonchev–Trinajstić information content (AvgIpc) is 3.11. The molecule has 0 saturated heterocycles. The molecule has 192 valence electrons. The summed E-state index contributed by atoms with van der Waals surface area (Å²) in [4.78, 5) is 36.1. The molecule has 3 rings (SSSR count). The summed E-state index contributed by atoms with van der Waals surface area (Å²) >= 11 is 7.34. The molecule has 36 heavy (non-hydrogen) atoms. The lowest BCUT2D eigenvalue weighted by Gasteiger charge is -2.21. The van der Waals surface area contributed by atoms with Gasteiger partial charge in [-0.3, -0.25) is 4.79 Å². The molecule has 1 unspecified atom stereocenters. The lowest BCUT2D eigenvalue weighted by atomic mass is 10.1. The fourth-order valence-corrected chi connectivity index (χ4v) is 4.55. The van der Waals surface area contributed by atoms with Crippen LogP contribution in [-0.2, 0) is 20.8 Å². The second-order valence-electron chi connectivity index (χ2n) is 8.50. The Morgan fingerprint density at radius 1 is 1.11 bits per heavy atom. The van der Waals surface area contributed by atoms with Crippen molar-refractivity contribution >= 4 is 51.1 Å². The largest absolute Gasteiger partial charge is 0.511 e. The van der Waals surface area contributed by atoms with Gasteiger partial charge in [0, 0.05) is 33.2 Å². The smallest absolute Gasteiger partial charge is 0.483 e. The minimum Gasteiger partial charge on any atom is -0.483 e. The van der Waals surface area contributed by atoms with Crippen molar-refractivity contribution in [1.29, 1.82) is 0 Å². The van der Waals surface area contributed by atoms with Crippen LogP contribution >= 0.6 is 22.9 Å². The Morgan fingerprint density at radius 2 is 1.75 bits per heavy atom. The Labute approximate surface area is 213 Å². The molecule has 0 fully saturated rings. The predicted octanol–water partition coefficient (Wildman–Crippen LogP) is 5.97. The fraction of sp³-hybridized carbons (Fsp3) is 0.292. The Bertz CT molecular complexity index is 1310. The van der Waals surface area contributed by atoms with Gasteiger partial charge in [0.15, 0.2) is 17.4 Å². The van der Waals surface area contributed by atoms with E-state index in [0.717, 1.165) is 23.5 Å². The van der Waals surface area contributed by atoms with Gasteiger partial charge in [-0.05, 0) is 45.0 Å². The van der Waals surface area contributed by atoms with Gasteiger partial charge in [0.25, 0.3) is 0 Å². The van der Waals surface area contributed by atoms with Crippen LogP contribution in [0.15, 0.2) is 30.3 Å². The number of fused-ring (bicyclic) bond motifs is 1. The van der Waals surface area contributed by atoms with Crippen molar-refractivity contribution in [3.8, 4) is 5.75 Å². The van der Waals surface area contributed by atoms with E-state index in [1.54, 1.807) is 39.0 Å². The molecule has 1 atom stereocenters. The van der Waals surface area contributed by atoms with E-state index < -0.39 is 53.9 Å². The highest BCUT2D eigenvalue weighted by atomic mass is 35.5. The first-order valence-corrected chi connectivity index (χ1v) is 11.7. The van der Waals surface area contributed by atoms with Gasteiger partial charge in [0.1, 0.15) is 17.1 Å². The van der Waals surface area contributed by atoms with Crippen LogP contribution in [-0.4, -0.2) is 29.9 Å². The number of rotatable bonds is 7. The minimum atomic E-state index is -1.31. The molecule has 0 bridgehead atoms. The molecule has 0 aliphatic heterocycles. The highest BCUT2D eigenvalue weighted by Gasteiger charge is 2.26. The third-order valence-electron chi connectivity index (χ3n) is 4.52. The highest BCUT2D eigenvalue weighted by Crippen LogP contribution is 2.38. The van der Waals surface area contributed by atoms with Crippen LogP contribution in [0, 0.1) is 11.6 Å². The molecule has 2 aromatic carbocycles. The number of hydrogen-bond acceptors (Lipinski definition) is 8. The van der Waals surface area contributed by atoms with Gasteiger partial charge in [0.2, 0.25) is 12.2 Å². The molecule has 3 aromatic rings. The van der Waals surface area contributed by atoms with Crippen molar-refractivity contribution in [2.45, 2.75) is 46.2 Å². The fourth-order valence-electron chi connectivity index (χ4n) is 3.09. The zero-order valence-electron chi connectivity index (χ0n) is 19.6. The van der Waals surface area contributed by atoms with Gasteiger partial charge in [0.05, 0.1) is 0 Å². The lowest BCUT2D eigenvalue weighted by Crippen LogP contribution is -2.28. The summed E-state index contributed by atoms with van der Waals surface area (Å²) in [6.45, 7) is 5.78. The number of hydrogen-bond donors (Lipinski definition) is 1. The van der Waals surface area contributed by atoms with Crippen LogP contribution in [0.1, 0.15) is 53.3 Å². The van der Waals surface area contributed by atoms with Gasteiger partial charge in [-0.25, -0.2) is 18.4 Å². The first-order valence-electron chi connectivity index (χ1n) is 10.5. The number of benzene rings is 2. The topological polar surface area (TPSA) is 114 Å². The molecule has 1 heterocycles. The van der Waals surface area contributed by atoms with Crippen molar-refractivity contribution in [2.75, 3.05) is 0 Å². The molecule has 0 saturated carbocycles.